The minimum absolute atomic E-state index is 0.878. The highest BCUT2D eigenvalue weighted by atomic mass is 79.9. The predicted octanol–water partition coefficient (Wildman–Crippen LogP) is 3.67. The van der Waals surface area contributed by atoms with Crippen LogP contribution in [0, 0.1) is 0 Å². The average Bonchev–Trinajstić information content (AvgIpc) is 2.36. The number of allylic oxidation sites excluding steroid dienone is 6. The lowest BCUT2D eigenvalue weighted by atomic mass is 9.96. The van der Waals surface area contributed by atoms with E-state index < -0.39 is 0 Å². The first-order valence-electron chi connectivity index (χ1n) is 6.22. The van der Waals surface area contributed by atoms with E-state index in [1.54, 1.807) is 0 Å². The van der Waals surface area contributed by atoms with Gasteiger partial charge in [0.15, 0.2) is 0 Å². The second-order valence-electron chi connectivity index (χ2n) is 4.40. The molecule has 0 amide bonds. The molecule has 0 radical (unpaired) electrons. The van der Waals surface area contributed by atoms with Crippen LogP contribution in [0.3, 0.4) is 0 Å². The van der Waals surface area contributed by atoms with Gasteiger partial charge in [0.25, 0.3) is 0 Å². The van der Waals surface area contributed by atoms with Crippen LogP contribution in [-0.2, 0) is 0 Å². The Morgan fingerprint density at radius 1 is 1.26 bits per heavy atom. The van der Waals surface area contributed by atoms with E-state index in [1.165, 1.54) is 5.46 Å². The summed E-state index contributed by atoms with van der Waals surface area (Å²) in [6.07, 6.45) is 8.15. The van der Waals surface area contributed by atoms with Crippen LogP contribution in [0.25, 0.3) is 0 Å². The molecule has 0 aliphatic rings. The number of halogens is 1. The molecule has 0 saturated heterocycles. The zero-order chi connectivity index (χ0) is 14.3. The van der Waals surface area contributed by atoms with Gasteiger partial charge < -0.3 is 5.32 Å². The fourth-order valence-electron chi connectivity index (χ4n) is 1.53. The molecule has 1 N–H and O–H groups in total. The largest absolute Gasteiger partial charge is 0.356 e. The van der Waals surface area contributed by atoms with Crippen molar-refractivity contribution >= 4 is 34.9 Å². The van der Waals surface area contributed by atoms with E-state index in [-0.39, 0.29) is 0 Å². The molecule has 0 saturated carbocycles. The number of anilines is 1. The first-order valence-corrected chi connectivity index (χ1v) is 7.01. The second kappa shape index (κ2) is 7.85. The summed E-state index contributed by atoms with van der Waals surface area (Å²) >= 11 is 3.32. The van der Waals surface area contributed by atoms with Gasteiger partial charge in [-0.3, -0.25) is 0 Å². The molecule has 1 rings (SSSR count). The minimum Gasteiger partial charge on any atom is -0.356 e. The zero-order valence-electron chi connectivity index (χ0n) is 11.7. The minimum atomic E-state index is 0.878. The highest BCUT2D eigenvalue weighted by Gasteiger charge is 1.94. The first kappa shape index (κ1) is 15.6. The number of hydrogen-bond acceptors (Lipinski definition) is 1. The van der Waals surface area contributed by atoms with Gasteiger partial charge in [-0.25, -0.2) is 0 Å². The van der Waals surface area contributed by atoms with Gasteiger partial charge in [0.05, 0.1) is 0 Å². The Labute approximate surface area is 125 Å². The Kier molecular flexibility index (Phi) is 6.44. The van der Waals surface area contributed by atoms with Crippen LogP contribution in [0.2, 0.25) is 0 Å². The summed E-state index contributed by atoms with van der Waals surface area (Å²) < 4.78 is 0.878. The maximum absolute atomic E-state index is 3.79. The van der Waals surface area contributed by atoms with Crippen LogP contribution >= 0.6 is 15.9 Å². The summed E-state index contributed by atoms with van der Waals surface area (Å²) in [6.45, 7) is 7.86. The van der Waals surface area contributed by atoms with Crippen molar-refractivity contribution < 1.29 is 0 Å². The van der Waals surface area contributed by atoms with Crippen molar-refractivity contribution in [3.8, 4) is 0 Å². The van der Waals surface area contributed by atoms with E-state index in [4.69, 9.17) is 0 Å². The number of benzene rings is 1. The summed E-state index contributed by atoms with van der Waals surface area (Å²) in [7, 11) is 2.08. The van der Waals surface area contributed by atoms with E-state index in [1.807, 2.05) is 26.0 Å². The van der Waals surface area contributed by atoms with Gasteiger partial charge in [-0.2, -0.15) is 0 Å². The summed E-state index contributed by atoms with van der Waals surface area (Å²) in [5.74, 6) is 0. The third kappa shape index (κ3) is 6.30. The van der Waals surface area contributed by atoms with Gasteiger partial charge in [-0.05, 0) is 43.7 Å². The van der Waals surface area contributed by atoms with Crippen molar-refractivity contribution in [3.63, 3.8) is 0 Å². The van der Waals surface area contributed by atoms with E-state index in [0.29, 0.717) is 0 Å². The fraction of sp³-hybridized carbons (Fsp3) is 0.125. The lowest BCUT2D eigenvalue weighted by Crippen LogP contribution is -2.02. The fourth-order valence-corrected chi connectivity index (χ4v) is 1.89. The van der Waals surface area contributed by atoms with Gasteiger partial charge >= 0.3 is 0 Å². The number of hydrogen-bond donors (Lipinski definition) is 1. The van der Waals surface area contributed by atoms with E-state index >= 15 is 0 Å². The molecule has 0 spiro atoms. The van der Waals surface area contributed by atoms with Crippen molar-refractivity contribution in [2.24, 2.45) is 0 Å². The van der Waals surface area contributed by atoms with Gasteiger partial charge in [0.1, 0.15) is 7.85 Å². The molecule has 0 heterocycles. The Morgan fingerprint density at radius 3 is 2.42 bits per heavy atom. The van der Waals surface area contributed by atoms with E-state index in [0.717, 1.165) is 21.4 Å². The van der Waals surface area contributed by atoms with Crippen molar-refractivity contribution in [1.29, 1.82) is 0 Å². The molecule has 0 aromatic heterocycles. The standard InChI is InChI=1S/C16H19BBrN/c1-4-15(8-5-12(2)11-13(3)18)19-16-9-6-14(17)7-10-16/h4-11,19H,3,17H2,1-2H3/b8-5+,12-11-,15-4+. The normalized spacial score (nSPS) is 12.8. The van der Waals surface area contributed by atoms with Crippen molar-refractivity contribution in [3.05, 3.63) is 70.9 Å². The molecule has 98 valence electrons. The van der Waals surface area contributed by atoms with E-state index in [2.05, 4.69) is 72.1 Å². The highest BCUT2D eigenvalue weighted by molar-refractivity contribution is 9.11. The monoisotopic (exact) mass is 315 g/mol. The lowest BCUT2D eigenvalue weighted by Gasteiger charge is -2.07. The first-order chi connectivity index (χ1) is 9.01. The van der Waals surface area contributed by atoms with Crippen molar-refractivity contribution in [1.82, 2.24) is 0 Å². The summed E-state index contributed by atoms with van der Waals surface area (Å²) in [6, 6.07) is 8.35. The SMILES string of the molecule is Bc1ccc(NC(/C=C/C(C)=C\C(=C)Br)=C/C)cc1. The Morgan fingerprint density at radius 2 is 1.89 bits per heavy atom. The zero-order valence-corrected chi connectivity index (χ0v) is 13.3. The molecule has 0 atom stereocenters. The van der Waals surface area contributed by atoms with Crippen LogP contribution in [0.1, 0.15) is 13.8 Å². The van der Waals surface area contributed by atoms with E-state index in [9.17, 15) is 0 Å². The average molecular weight is 316 g/mol. The van der Waals surface area contributed by atoms with Gasteiger partial charge in [0.2, 0.25) is 0 Å². The van der Waals surface area contributed by atoms with Gasteiger partial charge in [-0.15, -0.1) is 0 Å². The maximum Gasteiger partial charge on any atom is 0.139 e. The molecule has 0 aliphatic carbocycles. The number of rotatable bonds is 5. The third-order valence-electron chi connectivity index (χ3n) is 2.56. The maximum atomic E-state index is 3.79. The van der Waals surface area contributed by atoms with Crippen molar-refractivity contribution in [2.45, 2.75) is 13.8 Å². The summed E-state index contributed by atoms with van der Waals surface area (Å²) in [5, 5.41) is 3.38. The van der Waals surface area contributed by atoms with Crippen LogP contribution in [-0.4, -0.2) is 7.85 Å². The van der Waals surface area contributed by atoms with Crippen LogP contribution in [0.4, 0.5) is 5.69 Å². The Balaban J connectivity index is 2.72. The molecule has 0 unspecified atom stereocenters. The smallest absolute Gasteiger partial charge is 0.139 e. The highest BCUT2D eigenvalue weighted by Crippen LogP contribution is 2.11. The molecular weight excluding hydrogens is 297 g/mol. The predicted molar refractivity (Wildman–Crippen MR) is 93.0 cm³/mol. The Bertz CT molecular complexity index is 524. The lowest BCUT2D eigenvalue weighted by molar-refractivity contribution is 1.42. The molecule has 3 heteroatoms. The third-order valence-corrected chi connectivity index (χ3v) is 2.79. The van der Waals surface area contributed by atoms with Crippen molar-refractivity contribution in [2.75, 3.05) is 5.32 Å². The molecule has 0 fully saturated rings. The van der Waals surface area contributed by atoms with Gasteiger partial charge in [0, 0.05) is 15.9 Å². The second-order valence-corrected chi connectivity index (χ2v) is 5.42. The van der Waals surface area contributed by atoms with Gasteiger partial charge in [-0.1, -0.05) is 52.3 Å². The molecule has 1 nitrogen and oxygen atoms in total. The molecule has 0 aliphatic heterocycles. The summed E-state index contributed by atoms with van der Waals surface area (Å²) in [5.41, 5.74) is 4.57. The summed E-state index contributed by atoms with van der Waals surface area (Å²) in [4.78, 5) is 0. The molecule has 0 bridgehead atoms. The molecule has 1 aromatic rings. The topological polar surface area (TPSA) is 12.0 Å². The molecule has 19 heavy (non-hydrogen) atoms. The van der Waals surface area contributed by atoms with Crippen LogP contribution < -0.4 is 10.8 Å². The van der Waals surface area contributed by atoms with Crippen LogP contribution in [0.15, 0.2) is 70.9 Å². The Hall–Kier alpha value is -1.48. The molecular formula is C16H19BBrN. The molecule has 1 aromatic carbocycles. The quantitative estimate of drug-likeness (QED) is 0.645. The number of nitrogens with one attached hydrogen (secondary N) is 1. The van der Waals surface area contributed by atoms with Crippen LogP contribution in [0.5, 0.6) is 0 Å².